The van der Waals surface area contributed by atoms with Gasteiger partial charge in [0.05, 0.1) is 6.04 Å². The van der Waals surface area contributed by atoms with Crippen LogP contribution in [0.5, 0.6) is 0 Å². The van der Waals surface area contributed by atoms with Gasteiger partial charge in [0.2, 0.25) is 5.91 Å². The highest BCUT2D eigenvalue weighted by Crippen LogP contribution is 2.15. The smallest absolute Gasteiger partial charge is 0.220 e. The molecule has 1 saturated heterocycles. The van der Waals surface area contributed by atoms with Gasteiger partial charge in [0.1, 0.15) is 0 Å². The molecule has 1 amide bonds. The highest BCUT2D eigenvalue weighted by Gasteiger charge is 2.19. The standard InChI is InChI=1S/C14H20N2O.ClH/c1-11(13-5-3-2-4-6-13)16-14(17)9-12-7-8-15-10-12;/h2-6,11-12,15H,7-10H2,1H3,(H,16,17);1H. The van der Waals surface area contributed by atoms with Gasteiger partial charge < -0.3 is 10.6 Å². The summed E-state index contributed by atoms with van der Waals surface area (Å²) in [5.74, 6) is 0.674. The number of carbonyl (C=O) groups excluding carboxylic acids is 1. The normalized spacial score (nSPS) is 19.9. The van der Waals surface area contributed by atoms with Crippen molar-refractivity contribution in [2.45, 2.75) is 25.8 Å². The first-order valence-electron chi connectivity index (χ1n) is 6.30. The van der Waals surface area contributed by atoms with E-state index in [9.17, 15) is 4.79 Å². The van der Waals surface area contributed by atoms with Crippen LogP contribution in [0.2, 0.25) is 0 Å². The van der Waals surface area contributed by atoms with Gasteiger partial charge in [-0.25, -0.2) is 0 Å². The molecule has 4 heteroatoms. The molecule has 1 fully saturated rings. The maximum atomic E-state index is 11.8. The molecule has 0 radical (unpaired) electrons. The van der Waals surface area contributed by atoms with Crippen molar-refractivity contribution in [1.82, 2.24) is 10.6 Å². The minimum atomic E-state index is 0. The molecule has 0 spiro atoms. The van der Waals surface area contributed by atoms with E-state index in [0.29, 0.717) is 12.3 Å². The summed E-state index contributed by atoms with van der Waals surface area (Å²) in [5, 5.41) is 6.34. The summed E-state index contributed by atoms with van der Waals surface area (Å²) in [6, 6.07) is 10.2. The Morgan fingerprint density at radius 3 is 2.78 bits per heavy atom. The Morgan fingerprint density at radius 2 is 2.17 bits per heavy atom. The summed E-state index contributed by atoms with van der Waals surface area (Å²) in [7, 11) is 0. The van der Waals surface area contributed by atoms with Crippen molar-refractivity contribution in [2.75, 3.05) is 13.1 Å². The summed E-state index contributed by atoms with van der Waals surface area (Å²) in [6.07, 6.45) is 1.76. The van der Waals surface area contributed by atoms with E-state index in [2.05, 4.69) is 10.6 Å². The van der Waals surface area contributed by atoms with E-state index in [1.165, 1.54) is 0 Å². The van der Waals surface area contributed by atoms with E-state index >= 15 is 0 Å². The number of hydrogen-bond acceptors (Lipinski definition) is 2. The first-order valence-corrected chi connectivity index (χ1v) is 6.30. The SMILES string of the molecule is CC(NC(=O)CC1CCNC1)c1ccccc1.Cl. The minimum Gasteiger partial charge on any atom is -0.350 e. The van der Waals surface area contributed by atoms with Crippen LogP contribution in [-0.2, 0) is 4.79 Å². The quantitative estimate of drug-likeness (QED) is 0.880. The van der Waals surface area contributed by atoms with Gasteiger partial charge in [-0.2, -0.15) is 0 Å². The van der Waals surface area contributed by atoms with Crippen molar-refractivity contribution in [3.05, 3.63) is 35.9 Å². The van der Waals surface area contributed by atoms with Gasteiger partial charge >= 0.3 is 0 Å². The van der Waals surface area contributed by atoms with Gasteiger partial charge in [-0.3, -0.25) is 4.79 Å². The molecule has 1 aliphatic rings. The Kier molecular flexibility index (Phi) is 6.16. The van der Waals surface area contributed by atoms with Crippen molar-refractivity contribution < 1.29 is 4.79 Å². The number of carbonyl (C=O) groups is 1. The topological polar surface area (TPSA) is 41.1 Å². The number of hydrogen-bond donors (Lipinski definition) is 2. The molecule has 2 N–H and O–H groups in total. The fourth-order valence-electron chi connectivity index (χ4n) is 2.28. The van der Waals surface area contributed by atoms with Crippen LogP contribution in [0.4, 0.5) is 0 Å². The van der Waals surface area contributed by atoms with Crippen molar-refractivity contribution in [1.29, 1.82) is 0 Å². The largest absolute Gasteiger partial charge is 0.350 e. The average molecular weight is 269 g/mol. The van der Waals surface area contributed by atoms with Gasteiger partial charge in [0.25, 0.3) is 0 Å². The average Bonchev–Trinajstić information content (AvgIpc) is 2.82. The number of benzene rings is 1. The van der Waals surface area contributed by atoms with Crippen molar-refractivity contribution in [3.63, 3.8) is 0 Å². The lowest BCUT2D eigenvalue weighted by atomic mass is 10.0. The molecule has 0 bridgehead atoms. The molecule has 2 rings (SSSR count). The lowest BCUT2D eigenvalue weighted by Gasteiger charge is -2.15. The fraction of sp³-hybridized carbons (Fsp3) is 0.500. The zero-order valence-electron chi connectivity index (χ0n) is 10.7. The summed E-state index contributed by atoms with van der Waals surface area (Å²) in [4.78, 5) is 11.8. The maximum Gasteiger partial charge on any atom is 0.220 e. The molecule has 18 heavy (non-hydrogen) atoms. The Bertz CT molecular complexity index is 363. The zero-order valence-corrected chi connectivity index (χ0v) is 11.5. The summed E-state index contributed by atoms with van der Waals surface area (Å²) in [5.41, 5.74) is 1.16. The van der Waals surface area contributed by atoms with Crippen LogP contribution in [0.1, 0.15) is 31.4 Å². The van der Waals surface area contributed by atoms with Crippen molar-refractivity contribution in [2.24, 2.45) is 5.92 Å². The van der Waals surface area contributed by atoms with Crippen LogP contribution in [0, 0.1) is 5.92 Å². The molecule has 1 aliphatic heterocycles. The number of halogens is 1. The lowest BCUT2D eigenvalue weighted by molar-refractivity contribution is -0.122. The third kappa shape index (κ3) is 4.31. The summed E-state index contributed by atoms with van der Waals surface area (Å²) >= 11 is 0. The second kappa shape index (κ2) is 7.39. The Hall–Kier alpha value is -1.06. The van der Waals surface area contributed by atoms with Gasteiger partial charge in [0, 0.05) is 6.42 Å². The highest BCUT2D eigenvalue weighted by atomic mass is 35.5. The first kappa shape index (κ1) is 15.0. The monoisotopic (exact) mass is 268 g/mol. The first-order chi connectivity index (χ1) is 8.25. The number of rotatable bonds is 4. The number of nitrogens with one attached hydrogen (secondary N) is 2. The van der Waals surface area contributed by atoms with E-state index in [-0.39, 0.29) is 24.4 Å². The van der Waals surface area contributed by atoms with E-state index < -0.39 is 0 Å². The summed E-state index contributed by atoms with van der Waals surface area (Å²) < 4.78 is 0. The Labute approximate surface area is 115 Å². The van der Waals surface area contributed by atoms with Crippen molar-refractivity contribution >= 4 is 18.3 Å². The van der Waals surface area contributed by atoms with Crippen LogP contribution in [0.25, 0.3) is 0 Å². The Morgan fingerprint density at radius 1 is 1.44 bits per heavy atom. The zero-order chi connectivity index (χ0) is 12.1. The molecular weight excluding hydrogens is 248 g/mol. The Balaban J connectivity index is 0.00000162. The summed E-state index contributed by atoms with van der Waals surface area (Å²) in [6.45, 7) is 4.06. The van der Waals surface area contributed by atoms with Crippen LogP contribution >= 0.6 is 12.4 Å². The predicted molar refractivity (Wildman–Crippen MR) is 75.8 cm³/mol. The molecule has 1 heterocycles. The molecule has 2 unspecified atom stereocenters. The van der Waals surface area contributed by atoms with Gasteiger partial charge in [-0.15, -0.1) is 12.4 Å². The molecule has 0 saturated carbocycles. The molecule has 2 atom stereocenters. The minimum absolute atomic E-state index is 0. The second-order valence-electron chi connectivity index (χ2n) is 4.76. The number of amides is 1. The molecular formula is C14H21ClN2O. The van der Waals surface area contributed by atoms with Gasteiger partial charge in [0.15, 0.2) is 0 Å². The molecule has 1 aromatic carbocycles. The van der Waals surface area contributed by atoms with Crippen molar-refractivity contribution in [3.8, 4) is 0 Å². The molecule has 3 nitrogen and oxygen atoms in total. The fourth-order valence-corrected chi connectivity index (χ4v) is 2.28. The van der Waals surface area contributed by atoms with Crippen LogP contribution in [-0.4, -0.2) is 19.0 Å². The second-order valence-corrected chi connectivity index (χ2v) is 4.76. The van der Waals surface area contributed by atoms with E-state index in [0.717, 1.165) is 25.1 Å². The van der Waals surface area contributed by atoms with E-state index in [4.69, 9.17) is 0 Å². The van der Waals surface area contributed by atoms with Crippen LogP contribution in [0.15, 0.2) is 30.3 Å². The highest BCUT2D eigenvalue weighted by molar-refractivity contribution is 5.85. The van der Waals surface area contributed by atoms with Crippen LogP contribution in [0.3, 0.4) is 0 Å². The van der Waals surface area contributed by atoms with E-state index in [1.54, 1.807) is 0 Å². The van der Waals surface area contributed by atoms with Gasteiger partial charge in [-0.1, -0.05) is 30.3 Å². The molecule has 0 aromatic heterocycles. The van der Waals surface area contributed by atoms with Gasteiger partial charge in [-0.05, 0) is 37.9 Å². The molecule has 0 aliphatic carbocycles. The lowest BCUT2D eigenvalue weighted by Crippen LogP contribution is -2.28. The maximum absolute atomic E-state index is 11.8. The third-order valence-corrected chi connectivity index (χ3v) is 3.31. The molecule has 100 valence electrons. The van der Waals surface area contributed by atoms with Crippen LogP contribution < -0.4 is 10.6 Å². The molecule has 1 aromatic rings. The predicted octanol–water partition coefficient (Wildman–Crippen LogP) is 2.29. The van der Waals surface area contributed by atoms with E-state index in [1.807, 2.05) is 37.3 Å². The third-order valence-electron chi connectivity index (χ3n) is 3.31.